The van der Waals surface area contributed by atoms with E-state index in [0.717, 1.165) is 5.69 Å². The van der Waals surface area contributed by atoms with Crippen LogP contribution in [0, 0.1) is 37.8 Å². The fourth-order valence-corrected chi connectivity index (χ4v) is 3.14. The summed E-state index contributed by atoms with van der Waals surface area (Å²) in [6.45, 7) is 6.46. The second-order valence-corrected chi connectivity index (χ2v) is 6.67. The summed E-state index contributed by atoms with van der Waals surface area (Å²) in [7, 11) is 0. The van der Waals surface area contributed by atoms with Gasteiger partial charge in [-0.05, 0) is 45.9 Å². The van der Waals surface area contributed by atoms with Crippen LogP contribution in [0.1, 0.15) is 43.4 Å². The summed E-state index contributed by atoms with van der Waals surface area (Å²) in [5.74, 6) is 0.122. The highest BCUT2D eigenvalue weighted by molar-refractivity contribution is 6.00. The first-order valence-corrected chi connectivity index (χ1v) is 8.77. The van der Waals surface area contributed by atoms with E-state index in [4.69, 9.17) is 9.26 Å². The maximum Gasteiger partial charge on any atom is 0.338 e. The Bertz CT molecular complexity index is 1130. The zero-order chi connectivity index (χ0) is 21.3. The number of rotatable bonds is 6. The molecule has 0 fully saturated rings. The van der Waals surface area contributed by atoms with Crippen molar-refractivity contribution in [3.8, 4) is 5.82 Å². The van der Waals surface area contributed by atoms with E-state index in [1.165, 1.54) is 25.1 Å². The second kappa shape index (κ2) is 7.70. The van der Waals surface area contributed by atoms with Crippen LogP contribution in [0.3, 0.4) is 0 Å². The molecule has 9 nitrogen and oxygen atoms in total. The molecule has 2 heterocycles. The van der Waals surface area contributed by atoms with Crippen LogP contribution in [0.25, 0.3) is 5.82 Å². The van der Waals surface area contributed by atoms with Crippen molar-refractivity contribution in [3.05, 3.63) is 74.3 Å². The summed E-state index contributed by atoms with van der Waals surface area (Å²) in [6.07, 6.45) is 0. The molecule has 9 heteroatoms. The maximum atomic E-state index is 12.6. The highest BCUT2D eigenvalue weighted by atomic mass is 16.6. The van der Waals surface area contributed by atoms with Gasteiger partial charge in [-0.3, -0.25) is 19.5 Å². The lowest BCUT2D eigenvalue weighted by Gasteiger charge is -2.07. The van der Waals surface area contributed by atoms with Crippen molar-refractivity contribution in [2.75, 3.05) is 6.61 Å². The van der Waals surface area contributed by atoms with E-state index < -0.39 is 17.5 Å². The summed E-state index contributed by atoms with van der Waals surface area (Å²) in [6, 6.07) is 7.36. The number of esters is 1. The van der Waals surface area contributed by atoms with Crippen LogP contribution in [0.2, 0.25) is 0 Å². The molecule has 0 unspecified atom stereocenters. The smallest absolute Gasteiger partial charge is 0.338 e. The molecule has 2 aromatic heterocycles. The number of benzene rings is 1. The van der Waals surface area contributed by atoms with Crippen LogP contribution in [0.15, 0.2) is 34.9 Å². The summed E-state index contributed by atoms with van der Waals surface area (Å²) >= 11 is 0. The summed E-state index contributed by atoms with van der Waals surface area (Å²) < 4.78 is 12.0. The average Bonchev–Trinajstić information content (AvgIpc) is 3.21. The molecule has 0 aliphatic heterocycles. The Morgan fingerprint density at radius 2 is 1.90 bits per heavy atom. The van der Waals surface area contributed by atoms with Crippen molar-refractivity contribution in [3.63, 3.8) is 0 Å². The number of aryl methyl sites for hydroxylation is 3. The lowest BCUT2D eigenvalue weighted by molar-refractivity contribution is -0.385. The van der Waals surface area contributed by atoms with E-state index >= 15 is 0 Å². The van der Waals surface area contributed by atoms with Crippen LogP contribution in [-0.2, 0) is 4.74 Å². The fraction of sp³-hybridized carbons (Fsp3) is 0.250. The van der Waals surface area contributed by atoms with Gasteiger partial charge in [-0.25, -0.2) is 4.79 Å². The van der Waals surface area contributed by atoms with E-state index in [1.54, 1.807) is 30.5 Å². The van der Waals surface area contributed by atoms with Gasteiger partial charge in [-0.1, -0.05) is 5.16 Å². The third-order valence-electron chi connectivity index (χ3n) is 4.54. The minimum atomic E-state index is -0.725. The zero-order valence-corrected chi connectivity index (χ0v) is 16.4. The first-order chi connectivity index (χ1) is 13.7. The number of carbonyl (C=O) groups excluding carboxylic acids is 2. The second-order valence-electron chi connectivity index (χ2n) is 6.67. The van der Waals surface area contributed by atoms with Crippen molar-refractivity contribution in [1.29, 1.82) is 0 Å². The highest BCUT2D eigenvalue weighted by Crippen LogP contribution is 2.22. The lowest BCUT2D eigenvalue weighted by Crippen LogP contribution is -2.15. The molecule has 0 spiro atoms. The van der Waals surface area contributed by atoms with Gasteiger partial charge in [-0.2, -0.15) is 0 Å². The predicted molar refractivity (Wildman–Crippen MR) is 102 cm³/mol. The van der Waals surface area contributed by atoms with Crippen molar-refractivity contribution >= 4 is 17.4 Å². The summed E-state index contributed by atoms with van der Waals surface area (Å²) in [5, 5.41) is 14.8. The number of ketones is 1. The highest BCUT2D eigenvalue weighted by Gasteiger charge is 2.21. The van der Waals surface area contributed by atoms with Gasteiger partial charge in [0, 0.05) is 34.6 Å². The molecule has 0 saturated heterocycles. The standard InChI is InChI=1S/C20H19N3O6/c1-11-7-15(5-6-17(11)23(26)27)20(25)28-10-18(24)16-8-12(2)22(14(16)4)19-9-13(3)29-21-19/h5-9H,10H2,1-4H3. The van der Waals surface area contributed by atoms with E-state index in [-0.39, 0.29) is 17.0 Å². The normalized spacial score (nSPS) is 10.8. The van der Waals surface area contributed by atoms with Crippen LogP contribution in [-0.4, -0.2) is 33.0 Å². The molecule has 0 aliphatic rings. The number of hydrogen-bond donors (Lipinski definition) is 0. The lowest BCUT2D eigenvalue weighted by atomic mass is 10.1. The number of Topliss-reactive ketones (excluding diaryl/α,β-unsaturated/α-hetero) is 1. The Balaban J connectivity index is 1.74. The van der Waals surface area contributed by atoms with Gasteiger partial charge in [-0.15, -0.1) is 0 Å². The maximum absolute atomic E-state index is 12.6. The van der Waals surface area contributed by atoms with Gasteiger partial charge < -0.3 is 9.26 Å². The number of nitrogens with zero attached hydrogens (tertiary/aromatic N) is 3. The zero-order valence-electron chi connectivity index (χ0n) is 16.4. The van der Waals surface area contributed by atoms with Crippen molar-refractivity contribution in [2.45, 2.75) is 27.7 Å². The van der Waals surface area contributed by atoms with Crippen molar-refractivity contribution < 1.29 is 23.8 Å². The summed E-state index contributed by atoms with van der Waals surface area (Å²) in [5.41, 5.74) is 2.25. The number of aromatic nitrogens is 2. The SMILES string of the molecule is Cc1cc(-n2c(C)cc(C(=O)COC(=O)c3ccc([N+](=O)[O-])c(C)c3)c2C)no1. The number of ether oxygens (including phenoxy) is 1. The van der Waals surface area contributed by atoms with Crippen molar-refractivity contribution in [2.24, 2.45) is 0 Å². The first-order valence-electron chi connectivity index (χ1n) is 8.77. The largest absolute Gasteiger partial charge is 0.454 e. The van der Waals surface area contributed by atoms with E-state index in [9.17, 15) is 19.7 Å². The molecular formula is C20H19N3O6. The van der Waals surface area contributed by atoms with Crippen LogP contribution < -0.4 is 0 Å². The Labute approximate surface area is 166 Å². The number of hydrogen-bond acceptors (Lipinski definition) is 7. The first kappa shape index (κ1) is 20.0. The van der Waals surface area contributed by atoms with E-state index in [1.807, 2.05) is 6.92 Å². The third kappa shape index (κ3) is 3.93. The Kier molecular flexibility index (Phi) is 5.31. The number of carbonyl (C=O) groups is 2. The molecule has 0 amide bonds. The Hall–Kier alpha value is -3.75. The molecule has 3 aromatic rings. The molecule has 0 aliphatic carbocycles. The monoisotopic (exact) mass is 397 g/mol. The molecule has 0 saturated carbocycles. The molecule has 150 valence electrons. The number of nitro groups is 1. The number of nitro benzene ring substituents is 1. The van der Waals surface area contributed by atoms with Crippen LogP contribution in [0.4, 0.5) is 5.69 Å². The molecule has 0 N–H and O–H groups in total. The molecule has 0 radical (unpaired) electrons. The van der Waals surface area contributed by atoms with Gasteiger partial charge in [0.25, 0.3) is 5.69 Å². The minimum Gasteiger partial charge on any atom is -0.454 e. The Morgan fingerprint density at radius 1 is 1.17 bits per heavy atom. The van der Waals surface area contributed by atoms with Gasteiger partial charge in [0.1, 0.15) is 5.76 Å². The van der Waals surface area contributed by atoms with Gasteiger partial charge in [0.15, 0.2) is 12.4 Å². The van der Waals surface area contributed by atoms with E-state index in [0.29, 0.717) is 28.4 Å². The molecule has 0 bridgehead atoms. The molecule has 3 rings (SSSR count). The van der Waals surface area contributed by atoms with Crippen molar-refractivity contribution in [1.82, 2.24) is 9.72 Å². The van der Waals surface area contributed by atoms with Gasteiger partial charge in [0.2, 0.25) is 5.78 Å². The van der Waals surface area contributed by atoms with Gasteiger partial charge >= 0.3 is 5.97 Å². The molecule has 0 atom stereocenters. The van der Waals surface area contributed by atoms with E-state index in [2.05, 4.69) is 5.16 Å². The molecular weight excluding hydrogens is 378 g/mol. The minimum absolute atomic E-state index is 0.0897. The predicted octanol–water partition coefficient (Wildman–Crippen LogP) is 3.65. The third-order valence-corrected chi connectivity index (χ3v) is 4.54. The fourth-order valence-electron chi connectivity index (χ4n) is 3.14. The van der Waals surface area contributed by atoms with Gasteiger partial charge in [0.05, 0.1) is 10.5 Å². The molecule has 1 aromatic carbocycles. The average molecular weight is 397 g/mol. The summed E-state index contributed by atoms with van der Waals surface area (Å²) in [4.78, 5) is 35.2. The molecule has 29 heavy (non-hydrogen) atoms. The topological polar surface area (TPSA) is 117 Å². The van der Waals surface area contributed by atoms with Crippen LogP contribution in [0.5, 0.6) is 0 Å². The van der Waals surface area contributed by atoms with Crippen LogP contribution >= 0.6 is 0 Å². The quantitative estimate of drug-likeness (QED) is 0.270. The Morgan fingerprint density at radius 3 is 2.48 bits per heavy atom.